The van der Waals surface area contributed by atoms with E-state index in [-0.39, 0.29) is 41.8 Å². The Morgan fingerprint density at radius 2 is 1.30 bits per heavy atom. The van der Waals surface area contributed by atoms with Crippen LogP contribution in [0.3, 0.4) is 0 Å². The van der Waals surface area contributed by atoms with E-state index >= 15 is 0 Å². The van der Waals surface area contributed by atoms with Crippen molar-refractivity contribution in [2.24, 2.45) is 17.8 Å². The number of imidazole rings is 2. The highest BCUT2D eigenvalue weighted by Gasteiger charge is 2.51. The number of piperidine rings is 1. The first-order valence-electron chi connectivity index (χ1n) is 20.0. The number of ether oxygens (including phenoxy) is 2. The first-order chi connectivity index (χ1) is 27.3. The van der Waals surface area contributed by atoms with Gasteiger partial charge in [0.15, 0.2) is 0 Å². The Morgan fingerprint density at radius 1 is 0.772 bits per heavy atom. The Balaban J connectivity index is 1.13. The number of alkyl carbamates (subject to hydrolysis) is 2. The predicted octanol–water partition coefficient (Wildman–Crippen LogP) is 7.25. The van der Waals surface area contributed by atoms with E-state index in [4.69, 9.17) is 14.5 Å². The summed E-state index contributed by atoms with van der Waals surface area (Å²) in [5.74, 6) is 1.22. The summed E-state index contributed by atoms with van der Waals surface area (Å²) in [6, 6.07) is 14.7. The maximum atomic E-state index is 13.9. The van der Waals surface area contributed by atoms with Crippen LogP contribution in [0.4, 0.5) is 9.59 Å². The lowest BCUT2D eigenvalue weighted by Gasteiger charge is -2.37. The molecule has 1 aliphatic heterocycles. The number of hydrogen-bond donors (Lipinski definition) is 4. The second-order valence-corrected chi connectivity index (χ2v) is 15.9. The minimum Gasteiger partial charge on any atom is -0.453 e. The van der Waals surface area contributed by atoms with Gasteiger partial charge in [0.25, 0.3) is 0 Å². The summed E-state index contributed by atoms with van der Waals surface area (Å²) >= 11 is 0. The molecule has 57 heavy (non-hydrogen) atoms. The first kappa shape index (κ1) is 41.0. The molecule has 1 aliphatic carbocycles. The minimum atomic E-state index is -0.725. The van der Waals surface area contributed by atoms with Gasteiger partial charge < -0.3 is 39.9 Å². The van der Waals surface area contributed by atoms with Crippen molar-refractivity contribution in [2.45, 2.75) is 97.4 Å². The summed E-state index contributed by atoms with van der Waals surface area (Å²) in [4.78, 5) is 71.8. The number of H-pyrrole nitrogens is 2. The van der Waals surface area contributed by atoms with Crippen molar-refractivity contribution in [3.05, 3.63) is 72.6 Å². The van der Waals surface area contributed by atoms with Crippen molar-refractivity contribution >= 4 is 24.0 Å². The average Bonchev–Trinajstić information content (AvgIpc) is 4.05. The van der Waals surface area contributed by atoms with Crippen molar-refractivity contribution in [3.63, 3.8) is 0 Å². The van der Waals surface area contributed by atoms with Gasteiger partial charge in [-0.3, -0.25) is 9.59 Å². The standard InChI is InChI=1S/C43H56N8O6/c1-9-20-50(40(52)35(24(2)3)48-42(54)56-7)26(6)38-44-22-33(46-38)29-14-10-27(11-15-29)28-12-16-30(17-13-28)34-23-45-39(47-34)37-31-18-19-32(21-31)51(37)41(53)36(25(4)5)49-43(55)57-8/h10-17,22-26,31-32,35-37H,9,18-21H2,1-8H3,(H,44,46)(H,45,47)(H,48,54)(H,49,55)/t26-,31-,32+,35-,36-,37-/m0/s1. The zero-order valence-electron chi connectivity index (χ0n) is 34.2. The van der Waals surface area contributed by atoms with Crippen LogP contribution in [-0.4, -0.2) is 92.6 Å². The van der Waals surface area contributed by atoms with Crippen molar-refractivity contribution in [2.75, 3.05) is 20.8 Å². The van der Waals surface area contributed by atoms with Gasteiger partial charge in [0.05, 0.1) is 50.1 Å². The number of benzene rings is 2. The molecule has 1 saturated carbocycles. The number of carbonyl (C=O) groups is 4. The van der Waals surface area contributed by atoms with Gasteiger partial charge in [-0.25, -0.2) is 19.6 Å². The van der Waals surface area contributed by atoms with E-state index in [9.17, 15) is 19.2 Å². The van der Waals surface area contributed by atoms with Crippen molar-refractivity contribution in [1.29, 1.82) is 0 Å². The van der Waals surface area contributed by atoms with Crippen molar-refractivity contribution in [3.8, 4) is 33.6 Å². The second kappa shape index (κ2) is 17.6. The Bertz CT molecular complexity index is 2020. The molecule has 2 aliphatic rings. The molecule has 14 nitrogen and oxygen atoms in total. The normalized spacial score (nSPS) is 19.0. The lowest BCUT2D eigenvalue weighted by atomic mass is 9.95. The molecule has 2 aromatic heterocycles. The number of nitrogens with zero attached hydrogens (tertiary/aromatic N) is 4. The quantitative estimate of drug-likeness (QED) is 0.104. The van der Waals surface area contributed by atoms with Crippen molar-refractivity contribution < 1.29 is 28.7 Å². The first-order valence-corrected chi connectivity index (χ1v) is 20.0. The number of fused-ring (bicyclic) bond motifs is 2. The molecule has 2 bridgehead atoms. The summed E-state index contributed by atoms with van der Waals surface area (Å²) in [6.07, 6.45) is 6.03. The van der Waals surface area contributed by atoms with E-state index in [2.05, 4.69) is 62.0 Å². The molecular weight excluding hydrogens is 725 g/mol. The van der Waals surface area contributed by atoms with Gasteiger partial charge in [-0.15, -0.1) is 0 Å². The molecule has 0 spiro atoms. The van der Waals surface area contributed by atoms with E-state index in [1.807, 2.05) is 64.8 Å². The number of carbonyl (C=O) groups excluding carboxylic acids is 4. The second-order valence-electron chi connectivity index (χ2n) is 15.9. The van der Waals surface area contributed by atoms with E-state index in [1.165, 1.54) is 14.2 Å². The molecule has 14 heteroatoms. The Labute approximate surface area is 334 Å². The Morgan fingerprint density at radius 3 is 1.84 bits per heavy atom. The van der Waals surface area contributed by atoms with Crippen LogP contribution in [0.25, 0.3) is 33.6 Å². The zero-order valence-corrected chi connectivity index (χ0v) is 34.2. The molecule has 2 fully saturated rings. The molecule has 4 aromatic rings. The van der Waals surface area contributed by atoms with Crippen LogP contribution in [0.2, 0.25) is 0 Å². The molecule has 1 saturated heterocycles. The van der Waals surface area contributed by atoms with Crippen LogP contribution in [0, 0.1) is 17.8 Å². The topological polar surface area (TPSA) is 175 Å². The highest BCUT2D eigenvalue weighted by molar-refractivity contribution is 5.87. The SMILES string of the molecule is CCCN(C(=O)[C@@H](NC(=O)OC)C(C)C)[C@@H](C)c1ncc(-c2ccc(-c3ccc(-c4cnc([C@@H]5[C@H]6CC[C@H](C6)N5C(=O)[C@@H](NC(=O)OC)C(C)C)[nH]4)cc3)cc2)[nH]1. The number of hydrogen-bond acceptors (Lipinski definition) is 8. The highest BCUT2D eigenvalue weighted by Crippen LogP contribution is 2.50. The van der Waals surface area contributed by atoms with E-state index in [0.29, 0.717) is 18.3 Å². The number of rotatable bonds is 14. The lowest BCUT2D eigenvalue weighted by Crippen LogP contribution is -2.54. The van der Waals surface area contributed by atoms with Crippen LogP contribution >= 0.6 is 0 Å². The number of methoxy groups -OCH3 is 2. The fraction of sp³-hybridized carbons (Fsp3) is 0.488. The molecule has 4 amide bonds. The zero-order chi connectivity index (χ0) is 41.0. The average molecular weight is 781 g/mol. The molecule has 3 heterocycles. The third kappa shape index (κ3) is 8.69. The molecule has 0 unspecified atom stereocenters. The summed E-state index contributed by atoms with van der Waals surface area (Å²) in [6.45, 7) is 12.1. The molecule has 2 aromatic carbocycles. The summed E-state index contributed by atoms with van der Waals surface area (Å²) in [5, 5.41) is 5.44. The van der Waals surface area contributed by atoms with Gasteiger partial charge in [0.1, 0.15) is 23.7 Å². The number of aromatic nitrogens is 4. The molecule has 6 rings (SSSR count). The number of nitrogens with one attached hydrogen (secondary N) is 4. The van der Waals surface area contributed by atoms with Gasteiger partial charge in [0.2, 0.25) is 11.8 Å². The van der Waals surface area contributed by atoms with E-state index < -0.39 is 24.3 Å². The predicted molar refractivity (Wildman–Crippen MR) is 217 cm³/mol. The molecule has 4 N–H and O–H groups in total. The Kier molecular flexibility index (Phi) is 12.7. The molecule has 0 radical (unpaired) electrons. The van der Waals surface area contributed by atoms with Gasteiger partial charge in [-0.2, -0.15) is 0 Å². The van der Waals surface area contributed by atoms with Gasteiger partial charge in [0, 0.05) is 12.6 Å². The van der Waals surface area contributed by atoms with Crippen LogP contribution in [-0.2, 0) is 19.1 Å². The molecular formula is C43H56N8O6. The largest absolute Gasteiger partial charge is 0.453 e. The van der Waals surface area contributed by atoms with E-state index in [0.717, 1.165) is 65.1 Å². The summed E-state index contributed by atoms with van der Waals surface area (Å²) < 4.78 is 9.58. The molecule has 304 valence electrons. The van der Waals surface area contributed by atoms with Crippen LogP contribution in [0.1, 0.15) is 91.0 Å². The van der Waals surface area contributed by atoms with Gasteiger partial charge in [-0.1, -0.05) is 83.1 Å². The van der Waals surface area contributed by atoms with Gasteiger partial charge >= 0.3 is 12.2 Å². The van der Waals surface area contributed by atoms with Gasteiger partial charge in [-0.05, 0) is 72.6 Å². The van der Waals surface area contributed by atoms with Crippen LogP contribution in [0.5, 0.6) is 0 Å². The number of amides is 4. The highest BCUT2D eigenvalue weighted by atomic mass is 16.5. The summed E-state index contributed by atoms with van der Waals surface area (Å²) in [5.41, 5.74) is 5.76. The third-order valence-corrected chi connectivity index (χ3v) is 11.4. The van der Waals surface area contributed by atoms with Crippen LogP contribution in [0.15, 0.2) is 60.9 Å². The van der Waals surface area contributed by atoms with E-state index in [1.54, 1.807) is 11.1 Å². The maximum Gasteiger partial charge on any atom is 0.407 e. The fourth-order valence-corrected chi connectivity index (χ4v) is 8.29. The Hall–Kier alpha value is -5.66. The minimum absolute atomic E-state index is 0.0970. The number of aromatic amines is 2. The maximum absolute atomic E-state index is 13.9. The lowest BCUT2D eigenvalue weighted by molar-refractivity contribution is -0.139. The van der Waals surface area contributed by atoms with Crippen LogP contribution < -0.4 is 10.6 Å². The summed E-state index contributed by atoms with van der Waals surface area (Å²) in [7, 11) is 2.59. The van der Waals surface area contributed by atoms with Crippen molar-refractivity contribution in [1.82, 2.24) is 40.4 Å². The fourth-order valence-electron chi connectivity index (χ4n) is 8.29. The number of likely N-dealkylation sites (tertiary alicyclic amines) is 1. The molecule has 6 atom stereocenters. The monoisotopic (exact) mass is 780 g/mol. The third-order valence-electron chi connectivity index (χ3n) is 11.4. The smallest absolute Gasteiger partial charge is 0.407 e.